The molecule has 2 heterocycles. The molecular weight excluding hydrogens is 294 g/mol. The highest BCUT2D eigenvalue weighted by molar-refractivity contribution is 7.89. The second kappa shape index (κ2) is 7.17. The standard InChI is InChI=1S/C13H21N3O4S/c1-20-11-12-3-6-16(7-4-12)21(18,19)13-9-14-15(10-13)5-2-8-17/h3,9-10,17H,2,4-8,11H2,1H3. The molecule has 0 spiro atoms. The van der Waals surface area contributed by atoms with Crippen LogP contribution in [0, 0.1) is 0 Å². The molecule has 0 radical (unpaired) electrons. The van der Waals surface area contributed by atoms with Crippen LogP contribution in [0.2, 0.25) is 0 Å². The summed E-state index contributed by atoms with van der Waals surface area (Å²) in [6.07, 6.45) is 6.01. The molecule has 1 aromatic heterocycles. The summed E-state index contributed by atoms with van der Waals surface area (Å²) in [6, 6.07) is 0. The molecule has 1 N–H and O–H groups in total. The van der Waals surface area contributed by atoms with Crippen LogP contribution in [0.25, 0.3) is 0 Å². The van der Waals surface area contributed by atoms with Gasteiger partial charge in [-0.2, -0.15) is 9.40 Å². The zero-order chi connectivity index (χ0) is 15.3. The van der Waals surface area contributed by atoms with Gasteiger partial charge in [0.25, 0.3) is 0 Å². The Labute approximate surface area is 124 Å². The molecule has 0 saturated heterocycles. The molecular formula is C13H21N3O4S. The summed E-state index contributed by atoms with van der Waals surface area (Å²) < 4.78 is 33.0. The minimum atomic E-state index is -3.50. The fraction of sp³-hybridized carbons (Fsp3) is 0.615. The molecule has 8 heteroatoms. The first-order valence-corrected chi connectivity index (χ1v) is 8.32. The first-order valence-electron chi connectivity index (χ1n) is 6.88. The van der Waals surface area contributed by atoms with Crippen LogP contribution in [0.5, 0.6) is 0 Å². The van der Waals surface area contributed by atoms with Gasteiger partial charge in [-0.1, -0.05) is 6.08 Å². The predicted molar refractivity (Wildman–Crippen MR) is 77.3 cm³/mol. The van der Waals surface area contributed by atoms with Crippen molar-refractivity contribution >= 4 is 10.0 Å². The van der Waals surface area contributed by atoms with E-state index in [0.29, 0.717) is 39.1 Å². The van der Waals surface area contributed by atoms with Gasteiger partial charge in [0.1, 0.15) is 4.90 Å². The average Bonchev–Trinajstić information content (AvgIpc) is 2.96. The summed E-state index contributed by atoms with van der Waals surface area (Å²) in [7, 11) is -1.87. The van der Waals surface area contributed by atoms with Crippen molar-refractivity contribution in [1.82, 2.24) is 14.1 Å². The summed E-state index contributed by atoms with van der Waals surface area (Å²) in [5.74, 6) is 0. The lowest BCUT2D eigenvalue weighted by atomic mass is 10.1. The number of aryl methyl sites for hydroxylation is 1. The number of hydrogen-bond acceptors (Lipinski definition) is 5. The second-order valence-electron chi connectivity index (χ2n) is 4.92. The molecule has 1 aromatic rings. The van der Waals surface area contributed by atoms with Gasteiger partial charge in [0, 0.05) is 39.5 Å². The Hall–Kier alpha value is -1.22. The van der Waals surface area contributed by atoms with Crippen molar-refractivity contribution in [3.63, 3.8) is 0 Å². The van der Waals surface area contributed by atoms with Gasteiger partial charge >= 0.3 is 0 Å². The van der Waals surface area contributed by atoms with E-state index in [1.54, 1.807) is 11.8 Å². The Morgan fingerprint density at radius 1 is 1.48 bits per heavy atom. The van der Waals surface area contributed by atoms with Gasteiger partial charge in [-0.25, -0.2) is 8.42 Å². The third-order valence-corrected chi connectivity index (χ3v) is 5.21. The zero-order valence-corrected chi connectivity index (χ0v) is 12.9. The number of methoxy groups -OCH3 is 1. The lowest BCUT2D eigenvalue weighted by Gasteiger charge is -2.25. The Morgan fingerprint density at radius 2 is 2.29 bits per heavy atom. The van der Waals surface area contributed by atoms with Crippen LogP contribution in [0.15, 0.2) is 28.9 Å². The van der Waals surface area contributed by atoms with Gasteiger partial charge in [0.2, 0.25) is 10.0 Å². The largest absolute Gasteiger partial charge is 0.396 e. The van der Waals surface area contributed by atoms with E-state index >= 15 is 0 Å². The maximum absolute atomic E-state index is 12.5. The van der Waals surface area contributed by atoms with Gasteiger partial charge in [-0.05, 0) is 18.4 Å². The summed E-state index contributed by atoms with van der Waals surface area (Å²) in [5, 5.41) is 12.8. The molecule has 0 saturated carbocycles. The van der Waals surface area contributed by atoms with Crippen molar-refractivity contribution in [1.29, 1.82) is 0 Å². The van der Waals surface area contributed by atoms with E-state index in [1.165, 1.54) is 16.7 Å². The minimum Gasteiger partial charge on any atom is -0.396 e. The highest BCUT2D eigenvalue weighted by Crippen LogP contribution is 2.20. The lowest BCUT2D eigenvalue weighted by Crippen LogP contribution is -2.35. The molecule has 0 atom stereocenters. The number of rotatable bonds is 7. The maximum atomic E-state index is 12.5. The van der Waals surface area contributed by atoms with E-state index in [4.69, 9.17) is 9.84 Å². The van der Waals surface area contributed by atoms with Crippen molar-refractivity contribution in [3.05, 3.63) is 24.0 Å². The SMILES string of the molecule is COCC1=CCN(S(=O)(=O)c2cnn(CCCO)c2)CC1. The normalized spacial score (nSPS) is 17.0. The third kappa shape index (κ3) is 3.91. The fourth-order valence-electron chi connectivity index (χ4n) is 2.21. The summed E-state index contributed by atoms with van der Waals surface area (Å²) >= 11 is 0. The van der Waals surface area contributed by atoms with E-state index in [1.807, 2.05) is 6.08 Å². The number of aliphatic hydroxyl groups is 1. The van der Waals surface area contributed by atoms with Crippen LogP contribution in [0.1, 0.15) is 12.8 Å². The number of hydrogen-bond donors (Lipinski definition) is 1. The molecule has 21 heavy (non-hydrogen) atoms. The van der Waals surface area contributed by atoms with Crippen molar-refractivity contribution < 1.29 is 18.3 Å². The molecule has 0 amide bonds. The highest BCUT2D eigenvalue weighted by Gasteiger charge is 2.27. The van der Waals surface area contributed by atoms with Crippen LogP contribution in [0.4, 0.5) is 0 Å². The molecule has 2 rings (SSSR count). The number of nitrogens with zero attached hydrogens (tertiary/aromatic N) is 3. The molecule has 1 aliphatic rings. The van der Waals surface area contributed by atoms with Crippen LogP contribution in [-0.2, 0) is 21.3 Å². The Kier molecular flexibility index (Phi) is 5.51. The van der Waals surface area contributed by atoms with Crippen LogP contribution in [0.3, 0.4) is 0 Å². The Bertz CT molecular complexity index is 594. The number of sulfonamides is 1. The monoisotopic (exact) mass is 315 g/mol. The van der Waals surface area contributed by atoms with Crippen LogP contribution >= 0.6 is 0 Å². The van der Waals surface area contributed by atoms with Crippen molar-refractivity contribution in [2.24, 2.45) is 0 Å². The first-order chi connectivity index (χ1) is 10.1. The summed E-state index contributed by atoms with van der Waals surface area (Å²) in [4.78, 5) is 0.198. The number of aromatic nitrogens is 2. The third-order valence-electron chi connectivity index (χ3n) is 3.39. The van der Waals surface area contributed by atoms with E-state index < -0.39 is 10.0 Å². The molecule has 0 bridgehead atoms. The van der Waals surface area contributed by atoms with Crippen molar-refractivity contribution in [3.8, 4) is 0 Å². The Morgan fingerprint density at radius 3 is 2.90 bits per heavy atom. The van der Waals surface area contributed by atoms with Crippen LogP contribution < -0.4 is 0 Å². The van der Waals surface area contributed by atoms with E-state index in [0.717, 1.165) is 5.57 Å². The van der Waals surface area contributed by atoms with Gasteiger partial charge in [-0.3, -0.25) is 4.68 Å². The first kappa shape index (κ1) is 16.2. The molecule has 7 nitrogen and oxygen atoms in total. The van der Waals surface area contributed by atoms with Crippen molar-refractivity contribution in [2.45, 2.75) is 24.3 Å². The number of ether oxygens (including phenoxy) is 1. The van der Waals surface area contributed by atoms with E-state index in [9.17, 15) is 8.42 Å². The topological polar surface area (TPSA) is 84.7 Å². The molecule has 0 aliphatic carbocycles. The Balaban J connectivity index is 2.06. The minimum absolute atomic E-state index is 0.0567. The zero-order valence-electron chi connectivity index (χ0n) is 12.1. The summed E-state index contributed by atoms with van der Waals surface area (Å²) in [5.41, 5.74) is 1.13. The van der Waals surface area contributed by atoms with E-state index in [2.05, 4.69) is 5.10 Å². The van der Waals surface area contributed by atoms with Crippen LogP contribution in [-0.4, -0.2) is 61.0 Å². The quantitative estimate of drug-likeness (QED) is 0.728. The fourth-order valence-corrected chi connectivity index (χ4v) is 3.55. The molecule has 118 valence electrons. The predicted octanol–water partition coefficient (Wildman–Crippen LogP) is 0.233. The summed E-state index contributed by atoms with van der Waals surface area (Å²) in [6.45, 7) is 1.93. The molecule has 0 aromatic carbocycles. The molecule has 1 aliphatic heterocycles. The van der Waals surface area contributed by atoms with Crippen molar-refractivity contribution in [2.75, 3.05) is 33.4 Å². The van der Waals surface area contributed by atoms with Gasteiger partial charge in [-0.15, -0.1) is 0 Å². The maximum Gasteiger partial charge on any atom is 0.246 e. The number of aliphatic hydroxyl groups excluding tert-OH is 1. The average molecular weight is 315 g/mol. The smallest absolute Gasteiger partial charge is 0.246 e. The highest BCUT2D eigenvalue weighted by atomic mass is 32.2. The van der Waals surface area contributed by atoms with E-state index in [-0.39, 0.29) is 11.5 Å². The molecule has 0 unspecified atom stereocenters. The second-order valence-corrected chi connectivity index (χ2v) is 6.86. The lowest BCUT2D eigenvalue weighted by molar-refractivity contribution is 0.219. The van der Waals surface area contributed by atoms with Gasteiger partial charge < -0.3 is 9.84 Å². The van der Waals surface area contributed by atoms with Gasteiger partial charge in [0.15, 0.2) is 0 Å². The van der Waals surface area contributed by atoms with Gasteiger partial charge in [0.05, 0.1) is 12.8 Å². The molecule has 0 fully saturated rings.